The zero-order valence-electron chi connectivity index (χ0n) is 8.82. The first kappa shape index (κ1) is 10.7. The van der Waals surface area contributed by atoms with Crippen molar-refractivity contribution in [3.63, 3.8) is 0 Å². The number of carboxylic acids is 1. The molecule has 1 aromatic carbocycles. The van der Waals surface area contributed by atoms with E-state index in [1.54, 1.807) is 23.7 Å². The van der Waals surface area contributed by atoms with Crippen molar-refractivity contribution >= 4 is 27.5 Å². The van der Waals surface area contributed by atoms with Gasteiger partial charge in [-0.3, -0.25) is 0 Å². The third kappa shape index (κ3) is 1.78. The fourth-order valence-corrected chi connectivity index (χ4v) is 2.15. The number of nitrogens with one attached hydrogen (secondary N) is 1. The fourth-order valence-electron chi connectivity index (χ4n) is 1.44. The number of benzene rings is 1. The molecule has 8 heteroatoms. The van der Waals surface area contributed by atoms with E-state index in [9.17, 15) is 4.79 Å². The topological polar surface area (TPSA) is 101 Å². The van der Waals surface area contributed by atoms with Gasteiger partial charge in [0.05, 0.1) is 15.7 Å². The predicted octanol–water partition coefficient (Wildman–Crippen LogP) is 1.90. The van der Waals surface area contributed by atoms with Crippen molar-refractivity contribution in [2.45, 2.75) is 0 Å². The number of H-pyrrole nitrogens is 1. The van der Waals surface area contributed by atoms with Crippen LogP contribution in [0.25, 0.3) is 10.2 Å². The molecule has 0 fully saturated rings. The summed E-state index contributed by atoms with van der Waals surface area (Å²) in [5, 5.41) is 18.1. The van der Waals surface area contributed by atoms with Gasteiger partial charge in [0, 0.05) is 6.07 Å². The molecule has 2 heterocycles. The third-order valence-electron chi connectivity index (χ3n) is 2.25. The van der Waals surface area contributed by atoms with E-state index in [0.717, 1.165) is 10.2 Å². The number of aromatic amines is 1. The SMILES string of the molecule is O=C(O)c1[nH]nnc1Oc1ccc2ncsc2c1. The van der Waals surface area contributed by atoms with Crippen molar-refractivity contribution in [2.75, 3.05) is 0 Å². The number of carboxylic acid groups (broad SMARTS) is 1. The molecule has 7 nitrogen and oxygen atoms in total. The normalized spacial score (nSPS) is 10.7. The van der Waals surface area contributed by atoms with Crippen molar-refractivity contribution in [3.05, 3.63) is 29.4 Å². The summed E-state index contributed by atoms with van der Waals surface area (Å²) in [6, 6.07) is 5.26. The number of nitrogens with zero attached hydrogens (tertiary/aromatic N) is 3. The molecule has 2 N–H and O–H groups in total. The first-order valence-corrected chi connectivity index (χ1v) is 5.77. The Morgan fingerprint density at radius 3 is 3.17 bits per heavy atom. The molecule has 0 unspecified atom stereocenters. The van der Waals surface area contributed by atoms with Crippen LogP contribution in [0.2, 0.25) is 0 Å². The number of rotatable bonds is 3. The molecule has 0 atom stereocenters. The van der Waals surface area contributed by atoms with Crippen LogP contribution in [0, 0.1) is 0 Å². The Morgan fingerprint density at radius 1 is 1.44 bits per heavy atom. The van der Waals surface area contributed by atoms with Gasteiger partial charge in [0.2, 0.25) is 5.69 Å². The molecule has 0 aliphatic carbocycles. The number of carbonyl (C=O) groups is 1. The molecule has 90 valence electrons. The maximum atomic E-state index is 10.8. The van der Waals surface area contributed by atoms with Crippen molar-refractivity contribution in [2.24, 2.45) is 0 Å². The second kappa shape index (κ2) is 4.08. The average Bonchev–Trinajstić information content (AvgIpc) is 2.96. The Morgan fingerprint density at radius 2 is 2.33 bits per heavy atom. The lowest BCUT2D eigenvalue weighted by Gasteiger charge is -2.01. The molecule has 2 aromatic heterocycles. The Bertz CT molecular complexity index is 721. The minimum absolute atomic E-state index is 0.0636. The summed E-state index contributed by atoms with van der Waals surface area (Å²) >= 11 is 1.47. The van der Waals surface area contributed by atoms with Gasteiger partial charge in [0.15, 0.2) is 0 Å². The van der Waals surface area contributed by atoms with E-state index in [1.165, 1.54) is 11.3 Å². The van der Waals surface area contributed by atoms with Gasteiger partial charge in [0.25, 0.3) is 5.88 Å². The molecule has 0 radical (unpaired) electrons. The van der Waals surface area contributed by atoms with Crippen molar-refractivity contribution in [3.8, 4) is 11.6 Å². The van der Waals surface area contributed by atoms with Crippen LogP contribution in [-0.2, 0) is 0 Å². The van der Waals surface area contributed by atoms with Crippen molar-refractivity contribution in [1.82, 2.24) is 20.4 Å². The van der Waals surface area contributed by atoms with E-state index < -0.39 is 5.97 Å². The average molecular weight is 262 g/mol. The van der Waals surface area contributed by atoms with Gasteiger partial charge in [0.1, 0.15) is 5.75 Å². The van der Waals surface area contributed by atoms with E-state index in [0.29, 0.717) is 5.75 Å². The number of aromatic nitrogens is 4. The largest absolute Gasteiger partial charge is 0.476 e. The number of aromatic carboxylic acids is 1. The molecule has 0 aliphatic heterocycles. The number of hydrogen-bond donors (Lipinski definition) is 2. The molecule has 0 saturated heterocycles. The number of ether oxygens (including phenoxy) is 1. The number of fused-ring (bicyclic) bond motifs is 1. The Balaban J connectivity index is 1.95. The molecule has 3 aromatic rings. The molecule has 0 aliphatic rings. The van der Waals surface area contributed by atoms with Gasteiger partial charge in [-0.2, -0.15) is 0 Å². The van der Waals surface area contributed by atoms with Crippen LogP contribution in [-0.4, -0.2) is 31.5 Å². The molecular weight excluding hydrogens is 256 g/mol. The predicted molar refractivity (Wildman–Crippen MR) is 63.0 cm³/mol. The van der Waals surface area contributed by atoms with E-state index in [-0.39, 0.29) is 11.6 Å². The summed E-state index contributed by atoms with van der Waals surface area (Å²) in [5.74, 6) is -0.747. The molecular formula is C10H6N4O3S. The highest BCUT2D eigenvalue weighted by molar-refractivity contribution is 7.16. The van der Waals surface area contributed by atoms with Gasteiger partial charge in [-0.15, -0.1) is 11.3 Å². The summed E-state index contributed by atoms with van der Waals surface area (Å²) < 4.78 is 6.33. The first-order chi connectivity index (χ1) is 8.74. The van der Waals surface area contributed by atoms with Crippen LogP contribution < -0.4 is 4.74 Å². The fraction of sp³-hybridized carbons (Fsp3) is 0. The maximum Gasteiger partial charge on any atom is 0.359 e. The Kier molecular flexibility index (Phi) is 2.41. The minimum Gasteiger partial charge on any atom is -0.476 e. The van der Waals surface area contributed by atoms with Crippen LogP contribution in [0.1, 0.15) is 10.5 Å². The minimum atomic E-state index is -1.17. The second-order valence-corrected chi connectivity index (χ2v) is 4.27. The molecule has 0 saturated carbocycles. The first-order valence-electron chi connectivity index (χ1n) is 4.89. The summed E-state index contributed by atoms with van der Waals surface area (Å²) in [5.41, 5.74) is 2.41. The highest BCUT2D eigenvalue weighted by Crippen LogP contribution is 2.27. The highest BCUT2D eigenvalue weighted by atomic mass is 32.1. The lowest BCUT2D eigenvalue weighted by Crippen LogP contribution is -1.99. The van der Waals surface area contributed by atoms with E-state index in [1.807, 2.05) is 0 Å². The summed E-state index contributed by atoms with van der Waals surface area (Å²) in [6.45, 7) is 0. The standard InChI is InChI=1S/C10H6N4O3S/c15-10(16)8-9(13-14-12-8)17-5-1-2-6-7(3-5)18-4-11-6/h1-4H,(H,15,16)(H,12,13,14). The quantitative estimate of drug-likeness (QED) is 0.747. The highest BCUT2D eigenvalue weighted by Gasteiger charge is 2.16. The van der Waals surface area contributed by atoms with E-state index in [2.05, 4.69) is 20.4 Å². The number of thiazole rings is 1. The Hall–Kier alpha value is -2.48. The van der Waals surface area contributed by atoms with Crippen LogP contribution in [0.3, 0.4) is 0 Å². The smallest absolute Gasteiger partial charge is 0.359 e. The third-order valence-corrected chi connectivity index (χ3v) is 3.04. The van der Waals surface area contributed by atoms with Crippen molar-refractivity contribution in [1.29, 1.82) is 0 Å². The van der Waals surface area contributed by atoms with E-state index >= 15 is 0 Å². The monoisotopic (exact) mass is 262 g/mol. The van der Waals surface area contributed by atoms with Crippen LogP contribution >= 0.6 is 11.3 Å². The molecule has 0 amide bonds. The van der Waals surface area contributed by atoms with Crippen molar-refractivity contribution < 1.29 is 14.6 Å². The molecule has 3 rings (SSSR count). The van der Waals surface area contributed by atoms with Crippen LogP contribution in [0.4, 0.5) is 0 Å². The molecule has 18 heavy (non-hydrogen) atoms. The maximum absolute atomic E-state index is 10.8. The molecule has 0 spiro atoms. The van der Waals surface area contributed by atoms with Gasteiger partial charge in [-0.05, 0) is 12.1 Å². The lowest BCUT2D eigenvalue weighted by molar-refractivity contribution is 0.0687. The summed E-state index contributed by atoms with van der Waals surface area (Å²) in [4.78, 5) is 15.0. The lowest BCUT2D eigenvalue weighted by atomic mass is 10.3. The Labute approximate surface area is 104 Å². The second-order valence-electron chi connectivity index (χ2n) is 3.38. The zero-order valence-corrected chi connectivity index (χ0v) is 9.64. The zero-order chi connectivity index (χ0) is 12.5. The summed E-state index contributed by atoms with van der Waals surface area (Å²) in [6.07, 6.45) is 0. The van der Waals surface area contributed by atoms with Gasteiger partial charge in [-0.1, -0.05) is 10.3 Å². The van der Waals surface area contributed by atoms with Gasteiger partial charge >= 0.3 is 5.97 Å². The number of hydrogen-bond acceptors (Lipinski definition) is 6. The van der Waals surface area contributed by atoms with Gasteiger partial charge < -0.3 is 9.84 Å². The van der Waals surface area contributed by atoms with E-state index in [4.69, 9.17) is 9.84 Å². The van der Waals surface area contributed by atoms with Gasteiger partial charge in [-0.25, -0.2) is 14.9 Å². The van der Waals surface area contributed by atoms with Crippen LogP contribution in [0.15, 0.2) is 23.7 Å². The molecule has 0 bridgehead atoms. The van der Waals surface area contributed by atoms with Crippen LogP contribution in [0.5, 0.6) is 11.6 Å². The summed E-state index contributed by atoms with van der Waals surface area (Å²) in [7, 11) is 0.